The second-order valence-electron chi connectivity index (χ2n) is 5.06. The highest BCUT2D eigenvalue weighted by atomic mass is 16.3. The smallest absolute Gasteiger partial charge is 0.272 e. The zero-order chi connectivity index (χ0) is 15.7. The van der Waals surface area contributed by atoms with E-state index in [0.717, 1.165) is 15.7 Å². The quantitative estimate of drug-likeness (QED) is 0.802. The number of para-hydroxylation sites is 1. The molecule has 2 aromatic heterocycles. The van der Waals surface area contributed by atoms with Crippen molar-refractivity contribution in [2.75, 3.05) is 0 Å². The predicted molar refractivity (Wildman–Crippen MR) is 81.6 cm³/mol. The first kappa shape index (κ1) is 14.1. The van der Waals surface area contributed by atoms with Crippen molar-refractivity contribution in [2.45, 2.75) is 13.0 Å². The van der Waals surface area contributed by atoms with Crippen molar-refractivity contribution >= 4 is 16.9 Å². The molecule has 1 amide bonds. The van der Waals surface area contributed by atoms with Crippen molar-refractivity contribution in [3.05, 3.63) is 64.3 Å². The van der Waals surface area contributed by atoms with E-state index in [-0.39, 0.29) is 23.2 Å². The molecule has 112 valence electrons. The molecule has 0 aliphatic carbocycles. The number of carbonyl (C=O) groups is 1. The van der Waals surface area contributed by atoms with Crippen LogP contribution in [0.15, 0.2) is 51.7 Å². The van der Waals surface area contributed by atoms with E-state index in [9.17, 15) is 9.59 Å². The van der Waals surface area contributed by atoms with Crippen molar-refractivity contribution in [2.24, 2.45) is 7.05 Å². The lowest BCUT2D eigenvalue weighted by Crippen LogP contribution is -2.30. The molecular weight excluding hydrogens is 282 g/mol. The highest BCUT2D eigenvalue weighted by molar-refractivity contribution is 5.92. The van der Waals surface area contributed by atoms with E-state index in [0.29, 0.717) is 5.76 Å². The normalized spacial score (nSPS) is 12.3. The van der Waals surface area contributed by atoms with Gasteiger partial charge in [-0.05, 0) is 25.1 Å². The first-order valence-corrected chi connectivity index (χ1v) is 6.88. The number of aromatic nitrogens is 2. The van der Waals surface area contributed by atoms with E-state index < -0.39 is 0 Å². The molecule has 6 nitrogen and oxygen atoms in total. The minimum absolute atomic E-state index is 0.185. The van der Waals surface area contributed by atoms with Crippen molar-refractivity contribution in [3.8, 4) is 0 Å². The summed E-state index contributed by atoms with van der Waals surface area (Å²) in [5.74, 6) is 0.308. The number of fused-ring (bicyclic) bond motifs is 1. The van der Waals surface area contributed by atoms with Crippen LogP contribution in [0.1, 0.15) is 29.2 Å². The summed E-state index contributed by atoms with van der Waals surface area (Å²) in [6.45, 7) is 1.83. The van der Waals surface area contributed by atoms with Crippen LogP contribution in [0, 0.1) is 0 Å². The summed E-state index contributed by atoms with van der Waals surface area (Å²) in [7, 11) is 1.50. The van der Waals surface area contributed by atoms with Gasteiger partial charge >= 0.3 is 0 Å². The summed E-state index contributed by atoms with van der Waals surface area (Å²) in [6, 6.07) is 12.0. The molecule has 6 heteroatoms. The van der Waals surface area contributed by atoms with E-state index in [1.807, 2.05) is 37.3 Å². The Balaban J connectivity index is 1.80. The number of nitrogens with one attached hydrogen (secondary N) is 1. The lowest BCUT2D eigenvalue weighted by molar-refractivity contribution is 0.0928. The summed E-state index contributed by atoms with van der Waals surface area (Å²) in [6.07, 6.45) is 0. The minimum atomic E-state index is -0.358. The second-order valence-corrected chi connectivity index (χ2v) is 5.06. The van der Waals surface area contributed by atoms with Crippen molar-refractivity contribution in [1.29, 1.82) is 0 Å². The van der Waals surface area contributed by atoms with Crippen LogP contribution in [-0.4, -0.2) is 15.7 Å². The minimum Gasteiger partial charge on any atom is -0.459 e. The number of hydrogen-bond acceptors (Lipinski definition) is 4. The molecule has 0 bridgehead atoms. The fourth-order valence-electron chi connectivity index (χ4n) is 2.18. The molecule has 0 aliphatic rings. The van der Waals surface area contributed by atoms with Gasteiger partial charge in [-0.15, -0.1) is 0 Å². The molecule has 0 fully saturated rings. The summed E-state index contributed by atoms with van der Waals surface area (Å²) in [5.41, 5.74) is 0.700. The largest absolute Gasteiger partial charge is 0.459 e. The monoisotopic (exact) mass is 297 g/mol. The second kappa shape index (κ2) is 5.48. The highest BCUT2D eigenvalue weighted by Gasteiger charge is 2.16. The van der Waals surface area contributed by atoms with E-state index in [1.165, 1.54) is 19.2 Å². The SMILES string of the molecule is CC(NC(=O)c1ccc(=O)n(C)n1)c1cc2ccccc2o1. The maximum Gasteiger partial charge on any atom is 0.272 e. The molecule has 0 saturated heterocycles. The van der Waals surface area contributed by atoms with E-state index >= 15 is 0 Å². The molecule has 1 N–H and O–H groups in total. The van der Waals surface area contributed by atoms with Gasteiger partial charge in [0.25, 0.3) is 11.5 Å². The Morgan fingerprint density at radius 1 is 1.27 bits per heavy atom. The fourth-order valence-corrected chi connectivity index (χ4v) is 2.18. The van der Waals surface area contributed by atoms with Crippen molar-refractivity contribution < 1.29 is 9.21 Å². The molecule has 3 aromatic rings. The van der Waals surface area contributed by atoms with Crippen LogP contribution < -0.4 is 10.9 Å². The van der Waals surface area contributed by atoms with Gasteiger partial charge in [0.1, 0.15) is 17.0 Å². The Hall–Kier alpha value is -2.89. The van der Waals surface area contributed by atoms with Crippen LogP contribution in [0.5, 0.6) is 0 Å². The van der Waals surface area contributed by atoms with Gasteiger partial charge in [-0.25, -0.2) is 4.68 Å². The number of furan rings is 1. The van der Waals surface area contributed by atoms with Crippen LogP contribution in [0.2, 0.25) is 0 Å². The molecule has 1 aromatic carbocycles. The van der Waals surface area contributed by atoms with Gasteiger partial charge in [-0.2, -0.15) is 5.10 Å². The van der Waals surface area contributed by atoms with Crippen LogP contribution >= 0.6 is 0 Å². The fraction of sp³-hybridized carbons (Fsp3) is 0.188. The maximum absolute atomic E-state index is 12.2. The number of nitrogens with zero attached hydrogens (tertiary/aromatic N) is 2. The van der Waals surface area contributed by atoms with Gasteiger partial charge < -0.3 is 9.73 Å². The molecule has 2 heterocycles. The molecular formula is C16H15N3O3. The Labute approximate surface area is 126 Å². The third-order valence-corrected chi connectivity index (χ3v) is 3.41. The zero-order valence-corrected chi connectivity index (χ0v) is 12.2. The Bertz CT molecular complexity index is 862. The number of carbonyl (C=O) groups excluding carboxylic acids is 1. The number of hydrogen-bond donors (Lipinski definition) is 1. The van der Waals surface area contributed by atoms with Crippen molar-refractivity contribution in [1.82, 2.24) is 15.1 Å². The average Bonchev–Trinajstić information content (AvgIpc) is 2.94. The van der Waals surface area contributed by atoms with Gasteiger partial charge in [0.15, 0.2) is 0 Å². The lowest BCUT2D eigenvalue weighted by atomic mass is 10.2. The first-order valence-electron chi connectivity index (χ1n) is 6.88. The van der Waals surface area contributed by atoms with Crippen LogP contribution in [0.3, 0.4) is 0 Å². The third kappa shape index (κ3) is 2.63. The summed E-state index contributed by atoms with van der Waals surface area (Å²) >= 11 is 0. The molecule has 3 rings (SSSR count). The zero-order valence-electron chi connectivity index (χ0n) is 12.2. The predicted octanol–water partition coefficient (Wildman–Crippen LogP) is 2.02. The van der Waals surface area contributed by atoms with E-state index in [2.05, 4.69) is 10.4 Å². The molecule has 1 atom stereocenters. The third-order valence-electron chi connectivity index (χ3n) is 3.41. The summed E-state index contributed by atoms with van der Waals surface area (Å²) in [4.78, 5) is 23.5. The number of rotatable bonds is 3. The summed E-state index contributed by atoms with van der Waals surface area (Å²) < 4.78 is 6.84. The average molecular weight is 297 g/mol. The Morgan fingerprint density at radius 2 is 2.05 bits per heavy atom. The van der Waals surface area contributed by atoms with Crippen LogP contribution in [-0.2, 0) is 7.05 Å². The van der Waals surface area contributed by atoms with E-state index in [1.54, 1.807) is 0 Å². The lowest BCUT2D eigenvalue weighted by Gasteiger charge is -2.11. The standard InChI is InChI=1S/C16H15N3O3/c1-10(14-9-11-5-3-4-6-13(11)22-14)17-16(21)12-7-8-15(20)19(2)18-12/h3-10H,1-2H3,(H,17,21). The highest BCUT2D eigenvalue weighted by Crippen LogP contribution is 2.23. The van der Waals surface area contributed by atoms with Gasteiger partial charge in [0.05, 0.1) is 6.04 Å². The van der Waals surface area contributed by atoms with Crippen LogP contribution in [0.25, 0.3) is 11.0 Å². The number of amides is 1. The van der Waals surface area contributed by atoms with E-state index in [4.69, 9.17) is 4.42 Å². The van der Waals surface area contributed by atoms with Crippen LogP contribution in [0.4, 0.5) is 0 Å². The number of benzene rings is 1. The van der Waals surface area contributed by atoms with Crippen molar-refractivity contribution in [3.63, 3.8) is 0 Å². The molecule has 0 radical (unpaired) electrons. The van der Waals surface area contributed by atoms with Gasteiger partial charge in [-0.1, -0.05) is 18.2 Å². The van der Waals surface area contributed by atoms with Gasteiger partial charge in [0.2, 0.25) is 0 Å². The molecule has 0 saturated carbocycles. The molecule has 0 spiro atoms. The Kier molecular flexibility index (Phi) is 3.50. The number of aryl methyl sites for hydroxylation is 1. The topological polar surface area (TPSA) is 77.1 Å². The molecule has 22 heavy (non-hydrogen) atoms. The maximum atomic E-state index is 12.2. The summed E-state index contributed by atoms with van der Waals surface area (Å²) in [5, 5.41) is 7.72. The van der Waals surface area contributed by atoms with Gasteiger partial charge in [0, 0.05) is 18.5 Å². The molecule has 0 aliphatic heterocycles. The first-order chi connectivity index (χ1) is 10.5. The molecule has 1 unspecified atom stereocenters. The van der Waals surface area contributed by atoms with Gasteiger partial charge in [-0.3, -0.25) is 9.59 Å². The Morgan fingerprint density at radius 3 is 2.77 bits per heavy atom.